The molecule has 1 aliphatic heterocycles. The first-order valence-electron chi connectivity index (χ1n) is 5.63. The number of rotatable bonds is 1. The number of nitrogens with zero attached hydrogens (tertiary/aromatic N) is 3. The predicted octanol–water partition coefficient (Wildman–Crippen LogP) is 1.65. The number of hydrogen-bond acceptors (Lipinski definition) is 3. The quantitative estimate of drug-likeness (QED) is 0.753. The zero-order valence-electron chi connectivity index (χ0n) is 10.3. The third-order valence-electron chi connectivity index (χ3n) is 2.95. The van der Waals surface area contributed by atoms with E-state index in [2.05, 4.69) is 0 Å². The van der Waals surface area contributed by atoms with E-state index in [4.69, 9.17) is 5.26 Å². The number of carbonyl (C=O) groups excluding carboxylic acids is 2. The van der Waals surface area contributed by atoms with Crippen LogP contribution in [0.5, 0.6) is 0 Å². The van der Waals surface area contributed by atoms with Gasteiger partial charge >= 0.3 is 0 Å². The summed E-state index contributed by atoms with van der Waals surface area (Å²) in [5.41, 5.74) is 1.36. The van der Waals surface area contributed by atoms with Crippen LogP contribution in [0.25, 0.3) is 0 Å². The molecule has 5 heteroatoms. The number of anilines is 2. The van der Waals surface area contributed by atoms with E-state index in [9.17, 15) is 9.59 Å². The number of fused-ring (bicyclic) bond motifs is 1. The zero-order chi connectivity index (χ0) is 13.3. The van der Waals surface area contributed by atoms with Crippen LogP contribution in [0.2, 0.25) is 0 Å². The summed E-state index contributed by atoms with van der Waals surface area (Å²) in [6, 6.07) is 9.20. The highest BCUT2D eigenvalue weighted by molar-refractivity contribution is 6.07. The molecule has 1 aliphatic rings. The number of benzene rings is 1. The fourth-order valence-corrected chi connectivity index (χ4v) is 2.33. The van der Waals surface area contributed by atoms with Crippen molar-refractivity contribution in [2.45, 2.75) is 26.4 Å². The van der Waals surface area contributed by atoms with E-state index in [0.717, 1.165) is 0 Å². The van der Waals surface area contributed by atoms with Crippen LogP contribution in [0.3, 0.4) is 0 Å². The molecule has 2 rings (SSSR count). The molecule has 92 valence electrons. The number of hydrogen-bond donors (Lipinski definition) is 0. The molecule has 0 spiro atoms. The molecule has 0 unspecified atom stereocenters. The Morgan fingerprint density at radius 3 is 1.94 bits per heavy atom. The monoisotopic (exact) mass is 243 g/mol. The minimum atomic E-state index is -0.539. The Balaban J connectivity index is 2.57. The Bertz CT molecular complexity index is 506. The smallest absolute Gasteiger partial charge is 0.225 e. The molecule has 0 aromatic heterocycles. The van der Waals surface area contributed by atoms with Crippen molar-refractivity contribution in [3.05, 3.63) is 24.3 Å². The molecule has 0 aliphatic carbocycles. The van der Waals surface area contributed by atoms with Crippen LogP contribution in [0, 0.1) is 11.3 Å². The first kappa shape index (κ1) is 12.1. The van der Waals surface area contributed by atoms with Crippen LogP contribution in [-0.2, 0) is 9.59 Å². The molecule has 0 N–H and O–H groups in total. The second-order valence-corrected chi connectivity index (χ2v) is 4.11. The van der Waals surface area contributed by atoms with Crippen molar-refractivity contribution >= 4 is 23.2 Å². The maximum atomic E-state index is 11.7. The summed E-state index contributed by atoms with van der Waals surface area (Å²) < 4.78 is 0. The van der Waals surface area contributed by atoms with E-state index in [-0.39, 0.29) is 18.2 Å². The van der Waals surface area contributed by atoms with Gasteiger partial charge < -0.3 is 0 Å². The molecule has 0 saturated carbocycles. The highest BCUT2D eigenvalue weighted by atomic mass is 16.2. The van der Waals surface area contributed by atoms with E-state index in [1.807, 2.05) is 18.2 Å². The Kier molecular flexibility index (Phi) is 3.02. The molecule has 0 saturated heterocycles. The predicted molar refractivity (Wildman–Crippen MR) is 66.8 cm³/mol. The van der Waals surface area contributed by atoms with Crippen molar-refractivity contribution in [3.63, 3.8) is 0 Å². The third kappa shape index (κ3) is 1.72. The van der Waals surface area contributed by atoms with E-state index in [1.165, 1.54) is 23.6 Å². The van der Waals surface area contributed by atoms with Crippen LogP contribution < -0.4 is 9.80 Å². The first-order valence-corrected chi connectivity index (χ1v) is 5.63. The lowest BCUT2D eigenvalue weighted by Gasteiger charge is -2.27. The molecular weight excluding hydrogens is 230 g/mol. The molecule has 18 heavy (non-hydrogen) atoms. The fraction of sp³-hybridized carbons (Fsp3) is 0.308. The van der Waals surface area contributed by atoms with Crippen LogP contribution >= 0.6 is 0 Å². The summed E-state index contributed by atoms with van der Waals surface area (Å²) in [4.78, 5) is 26.5. The van der Waals surface area contributed by atoms with E-state index in [0.29, 0.717) is 11.4 Å². The lowest BCUT2D eigenvalue weighted by molar-refractivity contribution is -0.117. The van der Waals surface area contributed by atoms with Crippen molar-refractivity contribution in [1.82, 2.24) is 0 Å². The van der Waals surface area contributed by atoms with Gasteiger partial charge in [0, 0.05) is 13.8 Å². The van der Waals surface area contributed by atoms with Crippen LogP contribution in [-0.4, -0.2) is 18.0 Å². The van der Waals surface area contributed by atoms with Crippen molar-refractivity contribution in [1.29, 1.82) is 5.26 Å². The van der Waals surface area contributed by atoms with Gasteiger partial charge in [-0.05, 0) is 12.1 Å². The molecule has 1 aromatic rings. The maximum Gasteiger partial charge on any atom is 0.225 e. The zero-order valence-corrected chi connectivity index (χ0v) is 10.3. The van der Waals surface area contributed by atoms with E-state index >= 15 is 0 Å². The fourth-order valence-electron chi connectivity index (χ4n) is 2.33. The van der Waals surface area contributed by atoms with Crippen molar-refractivity contribution in [2.75, 3.05) is 9.80 Å². The number of para-hydroxylation sites is 2. The minimum absolute atomic E-state index is 0.0911. The highest BCUT2D eigenvalue weighted by Crippen LogP contribution is 2.40. The van der Waals surface area contributed by atoms with Gasteiger partial charge in [-0.25, -0.2) is 0 Å². The van der Waals surface area contributed by atoms with E-state index < -0.39 is 6.17 Å². The Hall–Kier alpha value is -2.35. The number of carbonyl (C=O) groups is 2. The van der Waals surface area contributed by atoms with E-state index in [1.54, 1.807) is 12.1 Å². The Morgan fingerprint density at radius 2 is 1.61 bits per heavy atom. The van der Waals surface area contributed by atoms with Gasteiger partial charge in [0.05, 0.1) is 23.9 Å². The summed E-state index contributed by atoms with van der Waals surface area (Å²) in [6.07, 6.45) is -0.448. The van der Waals surface area contributed by atoms with Crippen LogP contribution in [0.15, 0.2) is 24.3 Å². The highest BCUT2D eigenvalue weighted by Gasteiger charge is 2.39. The van der Waals surface area contributed by atoms with Crippen LogP contribution in [0.1, 0.15) is 20.3 Å². The number of amides is 2. The molecule has 0 bridgehead atoms. The second-order valence-electron chi connectivity index (χ2n) is 4.11. The summed E-state index contributed by atoms with van der Waals surface area (Å²) in [5.74, 6) is -0.349. The van der Waals surface area contributed by atoms with Gasteiger partial charge in [-0.3, -0.25) is 19.4 Å². The van der Waals surface area contributed by atoms with Gasteiger partial charge in [0.25, 0.3) is 0 Å². The second kappa shape index (κ2) is 4.49. The summed E-state index contributed by atoms with van der Waals surface area (Å²) in [7, 11) is 0. The summed E-state index contributed by atoms with van der Waals surface area (Å²) >= 11 is 0. The van der Waals surface area contributed by atoms with Gasteiger partial charge in [0.1, 0.15) is 6.17 Å². The standard InChI is InChI=1S/C13H13N3O2/c1-9(17)15-11-5-3-4-6-12(11)16(10(2)18)13(15)7-8-14/h3-6,13H,7H2,1-2H3. The molecule has 1 aromatic carbocycles. The topological polar surface area (TPSA) is 64.4 Å². The third-order valence-corrected chi connectivity index (χ3v) is 2.95. The van der Waals surface area contributed by atoms with Crippen molar-refractivity contribution in [3.8, 4) is 6.07 Å². The van der Waals surface area contributed by atoms with Gasteiger partial charge in [0.2, 0.25) is 11.8 Å². The average molecular weight is 243 g/mol. The summed E-state index contributed by atoms with van der Waals surface area (Å²) in [6.45, 7) is 2.87. The van der Waals surface area contributed by atoms with Crippen molar-refractivity contribution < 1.29 is 9.59 Å². The number of nitriles is 1. The van der Waals surface area contributed by atoms with Gasteiger partial charge in [-0.15, -0.1) is 0 Å². The SMILES string of the molecule is CC(=O)N1c2ccccc2N(C(C)=O)C1CC#N. The maximum absolute atomic E-state index is 11.7. The average Bonchev–Trinajstić information content (AvgIpc) is 2.63. The molecule has 0 radical (unpaired) electrons. The molecule has 5 nitrogen and oxygen atoms in total. The molecule has 0 fully saturated rings. The van der Waals surface area contributed by atoms with Gasteiger partial charge in [0.15, 0.2) is 0 Å². The molecule has 2 amide bonds. The van der Waals surface area contributed by atoms with Gasteiger partial charge in [-0.2, -0.15) is 5.26 Å². The lowest BCUT2D eigenvalue weighted by Crippen LogP contribution is -2.47. The van der Waals surface area contributed by atoms with Crippen molar-refractivity contribution in [2.24, 2.45) is 0 Å². The summed E-state index contributed by atoms with van der Waals surface area (Å²) in [5, 5.41) is 8.88. The Labute approximate surface area is 105 Å². The normalized spacial score (nSPS) is 14.3. The minimum Gasteiger partial charge on any atom is -0.288 e. The molecule has 0 atom stereocenters. The Morgan fingerprint density at radius 1 is 1.17 bits per heavy atom. The molecular formula is C13H13N3O2. The largest absolute Gasteiger partial charge is 0.288 e. The molecule has 1 heterocycles. The van der Waals surface area contributed by atoms with Crippen LogP contribution in [0.4, 0.5) is 11.4 Å². The lowest BCUT2D eigenvalue weighted by atomic mass is 10.2. The van der Waals surface area contributed by atoms with Gasteiger partial charge in [-0.1, -0.05) is 12.1 Å². The first-order chi connectivity index (χ1) is 8.57.